The van der Waals surface area contributed by atoms with E-state index in [9.17, 15) is 4.79 Å². The van der Waals surface area contributed by atoms with E-state index in [0.717, 1.165) is 30.5 Å². The smallest absolute Gasteiger partial charge is 0.413 e. The summed E-state index contributed by atoms with van der Waals surface area (Å²) in [4.78, 5) is 11.7. The van der Waals surface area contributed by atoms with Crippen LogP contribution in [0.15, 0.2) is 42.5 Å². The summed E-state index contributed by atoms with van der Waals surface area (Å²) >= 11 is 0. The lowest BCUT2D eigenvalue weighted by Crippen LogP contribution is -2.15. The number of ether oxygens (including phenoxy) is 1. The summed E-state index contributed by atoms with van der Waals surface area (Å²) in [6, 6.07) is 15.1. The van der Waals surface area contributed by atoms with Crippen LogP contribution < -0.4 is 5.32 Å². The monoisotopic (exact) mass is 310 g/mol. The number of anilines is 1. The average Bonchev–Trinajstić information content (AvgIpc) is 2.59. The van der Waals surface area contributed by atoms with Crippen molar-refractivity contribution in [3.63, 3.8) is 0 Å². The maximum Gasteiger partial charge on any atom is 0.413 e. The molecular formula is C17H18N4O2. The van der Waals surface area contributed by atoms with Gasteiger partial charge in [-0.15, -0.1) is 5.10 Å². The van der Waals surface area contributed by atoms with Crippen LogP contribution in [0.2, 0.25) is 0 Å². The zero-order valence-corrected chi connectivity index (χ0v) is 12.7. The van der Waals surface area contributed by atoms with E-state index in [1.807, 2.05) is 36.4 Å². The molecule has 0 atom stereocenters. The van der Waals surface area contributed by atoms with Gasteiger partial charge in [-0.05, 0) is 37.0 Å². The van der Waals surface area contributed by atoms with Gasteiger partial charge in [0.1, 0.15) is 6.61 Å². The molecule has 0 aliphatic rings. The second kappa shape index (κ2) is 9.15. The van der Waals surface area contributed by atoms with Crippen molar-refractivity contribution in [2.75, 3.05) is 5.32 Å². The number of nitrogens with one attached hydrogen (secondary N) is 1. The Labute approximate surface area is 135 Å². The Kier molecular flexibility index (Phi) is 6.54. The lowest BCUT2D eigenvalue weighted by atomic mass is 10.1. The summed E-state index contributed by atoms with van der Waals surface area (Å²) in [5.74, 6) is 0.351. The first-order chi connectivity index (χ1) is 11.3. The van der Waals surface area contributed by atoms with Gasteiger partial charge in [0.2, 0.25) is 0 Å². The van der Waals surface area contributed by atoms with Crippen LogP contribution in [0.4, 0.5) is 10.6 Å². The number of unbranched alkanes of at least 4 members (excludes halogenated alkanes) is 2. The Hall–Kier alpha value is -2.94. The fourth-order valence-electron chi connectivity index (χ4n) is 1.93. The highest BCUT2D eigenvalue weighted by Crippen LogP contribution is 2.07. The molecule has 0 saturated carbocycles. The summed E-state index contributed by atoms with van der Waals surface area (Å²) in [6.45, 7) is 0.205. The molecule has 1 amide bonds. The van der Waals surface area contributed by atoms with Crippen LogP contribution in [0, 0.1) is 11.3 Å². The molecule has 0 aliphatic heterocycles. The quantitative estimate of drug-likeness (QED) is 0.791. The van der Waals surface area contributed by atoms with Crippen LogP contribution in [0.1, 0.15) is 30.5 Å². The molecule has 6 nitrogen and oxygen atoms in total. The minimum atomic E-state index is -0.565. The number of nitrogens with zero attached hydrogens (tertiary/aromatic N) is 3. The highest BCUT2D eigenvalue weighted by atomic mass is 16.5. The van der Waals surface area contributed by atoms with Crippen molar-refractivity contribution in [2.45, 2.75) is 32.3 Å². The van der Waals surface area contributed by atoms with Crippen molar-refractivity contribution in [2.24, 2.45) is 0 Å². The van der Waals surface area contributed by atoms with Crippen LogP contribution in [-0.4, -0.2) is 16.3 Å². The van der Waals surface area contributed by atoms with E-state index in [1.165, 1.54) is 0 Å². The first-order valence-electron chi connectivity index (χ1n) is 7.45. The molecule has 2 rings (SSSR count). The van der Waals surface area contributed by atoms with Gasteiger partial charge in [0, 0.05) is 6.42 Å². The Morgan fingerprint density at radius 2 is 1.96 bits per heavy atom. The summed E-state index contributed by atoms with van der Waals surface area (Å²) in [5, 5.41) is 19.0. The Balaban J connectivity index is 1.74. The van der Waals surface area contributed by atoms with Gasteiger partial charge in [-0.2, -0.15) is 10.4 Å². The third-order valence-corrected chi connectivity index (χ3v) is 3.13. The number of carbonyl (C=O) groups excluding carboxylic acids is 1. The van der Waals surface area contributed by atoms with Crippen molar-refractivity contribution in [3.05, 3.63) is 53.7 Å². The third-order valence-electron chi connectivity index (χ3n) is 3.13. The van der Waals surface area contributed by atoms with E-state index in [0.29, 0.717) is 12.2 Å². The summed E-state index contributed by atoms with van der Waals surface area (Å²) < 4.78 is 5.11. The van der Waals surface area contributed by atoms with Crippen molar-refractivity contribution in [3.8, 4) is 6.07 Å². The molecule has 1 N–H and O–H groups in total. The predicted octanol–water partition coefficient (Wildman–Crippen LogP) is 3.46. The molecule has 0 fully saturated rings. The molecule has 0 aliphatic carbocycles. The molecule has 0 spiro atoms. The first kappa shape index (κ1) is 16.4. The predicted molar refractivity (Wildman–Crippen MR) is 85.4 cm³/mol. The zero-order valence-electron chi connectivity index (χ0n) is 12.7. The Bertz CT molecular complexity index is 651. The van der Waals surface area contributed by atoms with Crippen LogP contribution in [0.5, 0.6) is 0 Å². The molecule has 1 aromatic carbocycles. The van der Waals surface area contributed by atoms with Gasteiger partial charge < -0.3 is 4.74 Å². The highest BCUT2D eigenvalue weighted by molar-refractivity contribution is 5.83. The van der Waals surface area contributed by atoms with Gasteiger partial charge in [-0.1, -0.05) is 30.3 Å². The van der Waals surface area contributed by atoms with Crippen LogP contribution in [-0.2, 0) is 17.8 Å². The molecule has 1 heterocycles. The van der Waals surface area contributed by atoms with Crippen molar-refractivity contribution in [1.29, 1.82) is 5.26 Å². The van der Waals surface area contributed by atoms with E-state index in [2.05, 4.69) is 21.6 Å². The maximum atomic E-state index is 11.7. The SMILES string of the molecule is N#CCCCCc1ccc(NC(=O)OCc2ccccc2)nn1. The number of hydrogen-bond acceptors (Lipinski definition) is 5. The molecule has 0 saturated heterocycles. The van der Waals surface area contributed by atoms with E-state index in [1.54, 1.807) is 6.07 Å². The van der Waals surface area contributed by atoms with Crippen LogP contribution in [0.3, 0.4) is 0 Å². The fraction of sp³-hybridized carbons (Fsp3) is 0.294. The molecule has 6 heteroatoms. The minimum absolute atomic E-state index is 0.205. The van der Waals surface area contributed by atoms with E-state index >= 15 is 0 Å². The number of aromatic nitrogens is 2. The van der Waals surface area contributed by atoms with E-state index in [-0.39, 0.29) is 6.61 Å². The number of rotatable bonds is 7. The van der Waals surface area contributed by atoms with E-state index in [4.69, 9.17) is 10.00 Å². The number of carbonyl (C=O) groups is 1. The summed E-state index contributed by atoms with van der Waals surface area (Å²) in [6.07, 6.45) is 2.51. The van der Waals surface area contributed by atoms with Crippen molar-refractivity contribution >= 4 is 11.9 Å². The van der Waals surface area contributed by atoms with Gasteiger partial charge in [-0.3, -0.25) is 5.32 Å². The average molecular weight is 310 g/mol. The number of aryl methyl sites for hydroxylation is 1. The molecule has 1 aromatic heterocycles. The molecule has 0 radical (unpaired) electrons. The second-order valence-corrected chi connectivity index (χ2v) is 4.96. The number of benzene rings is 1. The first-order valence-corrected chi connectivity index (χ1v) is 7.45. The van der Waals surface area contributed by atoms with Crippen molar-refractivity contribution in [1.82, 2.24) is 10.2 Å². The lowest BCUT2D eigenvalue weighted by molar-refractivity contribution is 0.155. The Morgan fingerprint density at radius 3 is 2.65 bits per heavy atom. The minimum Gasteiger partial charge on any atom is -0.444 e. The molecule has 23 heavy (non-hydrogen) atoms. The Morgan fingerprint density at radius 1 is 1.13 bits per heavy atom. The van der Waals surface area contributed by atoms with Gasteiger partial charge in [0.15, 0.2) is 5.82 Å². The third kappa shape index (κ3) is 6.14. The normalized spacial score (nSPS) is 9.87. The highest BCUT2D eigenvalue weighted by Gasteiger charge is 2.05. The molecular weight excluding hydrogens is 292 g/mol. The number of hydrogen-bond donors (Lipinski definition) is 1. The van der Waals surface area contributed by atoms with Crippen LogP contribution >= 0.6 is 0 Å². The van der Waals surface area contributed by atoms with E-state index < -0.39 is 6.09 Å². The molecule has 2 aromatic rings. The molecule has 118 valence electrons. The lowest BCUT2D eigenvalue weighted by Gasteiger charge is -2.06. The fourth-order valence-corrected chi connectivity index (χ4v) is 1.93. The van der Waals surface area contributed by atoms with Crippen molar-refractivity contribution < 1.29 is 9.53 Å². The van der Waals surface area contributed by atoms with Gasteiger partial charge in [-0.25, -0.2) is 4.79 Å². The van der Waals surface area contributed by atoms with Crippen LogP contribution in [0.25, 0.3) is 0 Å². The van der Waals surface area contributed by atoms with Gasteiger partial charge >= 0.3 is 6.09 Å². The summed E-state index contributed by atoms with van der Waals surface area (Å²) in [7, 11) is 0. The number of amides is 1. The standard InChI is InChI=1S/C17H18N4O2/c18-12-6-2-5-9-15-10-11-16(21-20-15)19-17(22)23-13-14-7-3-1-4-8-14/h1,3-4,7-8,10-11H,2,5-6,9,13H2,(H,19,21,22). The van der Waals surface area contributed by atoms with Gasteiger partial charge in [0.25, 0.3) is 0 Å². The summed E-state index contributed by atoms with van der Waals surface area (Å²) in [5.41, 5.74) is 1.76. The second-order valence-electron chi connectivity index (χ2n) is 4.96. The zero-order chi connectivity index (χ0) is 16.3. The molecule has 0 bridgehead atoms. The molecule has 0 unspecified atom stereocenters. The van der Waals surface area contributed by atoms with Gasteiger partial charge in [0.05, 0.1) is 11.8 Å². The topological polar surface area (TPSA) is 87.9 Å². The largest absolute Gasteiger partial charge is 0.444 e. The maximum absolute atomic E-state index is 11.7. The number of nitriles is 1.